The predicted molar refractivity (Wildman–Crippen MR) is 61.9 cm³/mol. The zero-order chi connectivity index (χ0) is 12.3. The van der Waals surface area contributed by atoms with Crippen LogP contribution in [-0.4, -0.2) is 16.1 Å². The monoisotopic (exact) mass is 237 g/mol. The van der Waals surface area contributed by atoms with E-state index in [1.807, 2.05) is 0 Å². The lowest BCUT2D eigenvalue weighted by Gasteiger charge is -2.15. The average molecular weight is 237 g/mol. The Morgan fingerprint density at radius 3 is 2.71 bits per heavy atom. The summed E-state index contributed by atoms with van der Waals surface area (Å²) in [5.74, 6) is 0.560. The van der Waals surface area contributed by atoms with Gasteiger partial charge in [0.2, 0.25) is 0 Å². The van der Waals surface area contributed by atoms with Crippen molar-refractivity contribution in [3.05, 3.63) is 33.9 Å². The Balaban J connectivity index is 2.18. The topological polar surface area (TPSA) is 72.6 Å². The number of benzene rings is 1. The molecule has 1 saturated carbocycles. The summed E-state index contributed by atoms with van der Waals surface area (Å²) >= 11 is 0. The Morgan fingerprint density at radius 2 is 2.12 bits per heavy atom. The SMILES string of the molecule is O=[N+]([O-])c1ccc(OC2CCCC2)c(CO)c1. The first kappa shape index (κ1) is 11.9. The highest BCUT2D eigenvalue weighted by Gasteiger charge is 2.19. The van der Waals surface area contributed by atoms with Crippen LogP contribution in [0.25, 0.3) is 0 Å². The van der Waals surface area contributed by atoms with Crippen LogP contribution in [-0.2, 0) is 6.61 Å². The van der Waals surface area contributed by atoms with Gasteiger partial charge in [0, 0.05) is 17.7 Å². The molecule has 0 unspecified atom stereocenters. The molecule has 0 bridgehead atoms. The fraction of sp³-hybridized carbons (Fsp3) is 0.500. The van der Waals surface area contributed by atoms with Crippen LogP contribution >= 0.6 is 0 Å². The third kappa shape index (κ3) is 2.74. The van der Waals surface area contributed by atoms with E-state index in [-0.39, 0.29) is 18.4 Å². The molecule has 0 saturated heterocycles. The highest BCUT2D eigenvalue weighted by atomic mass is 16.6. The van der Waals surface area contributed by atoms with Gasteiger partial charge in [0.25, 0.3) is 5.69 Å². The van der Waals surface area contributed by atoms with Gasteiger partial charge in [0.1, 0.15) is 5.75 Å². The van der Waals surface area contributed by atoms with Gasteiger partial charge in [-0.3, -0.25) is 10.1 Å². The molecule has 0 aliphatic heterocycles. The molecular formula is C12H15NO4. The third-order valence-electron chi connectivity index (χ3n) is 3.02. The van der Waals surface area contributed by atoms with E-state index < -0.39 is 4.92 Å². The summed E-state index contributed by atoms with van der Waals surface area (Å²) in [6.45, 7) is -0.246. The van der Waals surface area contributed by atoms with Gasteiger partial charge in [-0.1, -0.05) is 0 Å². The molecule has 92 valence electrons. The van der Waals surface area contributed by atoms with Crippen LogP contribution in [0.5, 0.6) is 5.75 Å². The molecular weight excluding hydrogens is 222 g/mol. The Hall–Kier alpha value is -1.62. The number of ether oxygens (including phenoxy) is 1. The molecule has 1 aliphatic rings. The van der Waals surface area contributed by atoms with Crippen molar-refractivity contribution in [2.75, 3.05) is 0 Å². The number of aliphatic hydroxyl groups is 1. The van der Waals surface area contributed by atoms with Gasteiger partial charge in [0.05, 0.1) is 17.6 Å². The second-order valence-corrected chi connectivity index (χ2v) is 4.23. The molecule has 0 atom stereocenters. The van der Waals surface area contributed by atoms with Crippen molar-refractivity contribution in [2.24, 2.45) is 0 Å². The van der Waals surface area contributed by atoms with E-state index in [0.717, 1.165) is 25.7 Å². The quantitative estimate of drug-likeness (QED) is 0.644. The minimum atomic E-state index is -0.474. The summed E-state index contributed by atoms with van der Waals surface area (Å²) in [6, 6.07) is 4.34. The van der Waals surface area contributed by atoms with Gasteiger partial charge >= 0.3 is 0 Å². The summed E-state index contributed by atoms with van der Waals surface area (Å²) in [5, 5.41) is 19.8. The molecule has 1 fully saturated rings. The molecule has 1 aliphatic carbocycles. The van der Waals surface area contributed by atoms with Crippen LogP contribution < -0.4 is 4.74 Å². The molecule has 0 heterocycles. The average Bonchev–Trinajstić information content (AvgIpc) is 2.82. The molecule has 1 aromatic rings. The minimum absolute atomic E-state index is 0.0205. The van der Waals surface area contributed by atoms with Crippen LogP contribution in [0.15, 0.2) is 18.2 Å². The van der Waals surface area contributed by atoms with Gasteiger partial charge in [-0.05, 0) is 31.7 Å². The maximum atomic E-state index is 10.6. The largest absolute Gasteiger partial charge is 0.490 e. The smallest absolute Gasteiger partial charge is 0.270 e. The molecule has 0 amide bonds. The molecule has 2 rings (SSSR count). The molecule has 1 N–H and O–H groups in total. The molecule has 1 aromatic carbocycles. The van der Waals surface area contributed by atoms with E-state index in [1.165, 1.54) is 12.1 Å². The van der Waals surface area contributed by atoms with Gasteiger partial charge in [-0.2, -0.15) is 0 Å². The van der Waals surface area contributed by atoms with E-state index in [1.54, 1.807) is 6.07 Å². The molecule has 0 spiro atoms. The molecule has 5 heteroatoms. The number of nitrogens with zero attached hydrogens (tertiary/aromatic N) is 1. The van der Waals surface area contributed by atoms with Gasteiger partial charge < -0.3 is 9.84 Å². The Bertz CT molecular complexity index is 413. The number of aliphatic hydroxyl groups excluding tert-OH is 1. The second-order valence-electron chi connectivity index (χ2n) is 4.23. The zero-order valence-corrected chi connectivity index (χ0v) is 9.46. The molecule has 0 radical (unpaired) electrons. The lowest BCUT2D eigenvalue weighted by atomic mass is 10.2. The van der Waals surface area contributed by atoms with E-state index in [4.69, 9.17) is 4.74 Å². The van der Waals surface area contributed by atoms with Gasteiger partial charge in [-0.15, -0.1) is 0 Å². The van der Waals surface area contributed by atoms with Crippen molar-refractivity contribution in [3.8, 4) is 5.75 Å². The maximum absolute atomic E-state index is 10.6. The van der Waals surface area contributed by atoms with Crippen molar-refractivity contribution in [1.82, 2.24) is 0 Å². The fourth-order valence-corrected chi connectivity index (χ4v) is 2.10. The van der Waals surface area contributed by atoms with Crippen molar-refractivity contribution < 1.29 is 14.8 Å². The number of hydrogen-bond donors (Lipinski definition) is 1. The predicted octanol–water partition coefficient (Wildman–Crippen LogP) is 2.41. The minimum Gasteiger partial charge on any atom is -0.490 e. The molecule has 5 nitrogen and oxygen atoms in total. The van der Waals surface area contributed by atoms with E-state index in [0.29, 0.717) is 11.3 Å². The zero-order valence-electron chi connectivity index (χ0n) is 9.46. The van der Waals surface area contributed by atoms with Crippen LogP contribution in [0.3, 0.4) is 0 Å². The normalized spacial score (nSPS) is 16.1. The lowest BCUT2D eigenvalue weighted by molar-refractivity contribution is -0.385. The van der Waals surface area contributed by atoms with Gasteiger partial charge in [-0.25, -0.2) is 0 Å². The van der Waals surface area contributed by atoms with E-state index in [2.05, 4.69) is 0 Å². The van der Waals surface area contributed by atoms with Crippen molar-refractivity contribution in [3.63, 3.8) is 0 Å². The first-order chi connectivity index (χ1) is 8.20. The second kappa shape index (κ2) is 5.14. The lowest BCUT2D eigenvalue weighted by Crippen LogP contribution is -2.12. The Morgan fingerprint density at radius 1 is 1.41 bits per heavy atom. The van der Waals surface area contributed by atoms with Crippen molar-refractivity contribution in [1.29, 1.82) is 0 Å². The van der Waals surface area contributed by atoms with Crippen LogP contribution in [0.2, 0.25) is 0 Å². The summed E-state index contributed by atoms with van der Waals surface area (Å²) in [4.78, 5) is 10.1. The van der Waals surface area contributed by atoms with Crippen LogP contribution in [0, 0.1) is 10.1 Å². The number of nitro benzene ring substituents is 1. The molecule has 0 aromatic heterocycles. The van der Waals surface area contributed by atoms with Crippen LogP contribution in [0.4, 0.5) is 5.69 Å². The Labute approximate surface area is 99.2 Å². The summed E-state index contributed by atoms with van der Waals surface area (Å²) in [6.07, 6.45) is 4.53. The van der Waals surface area contributed by atoms with Crippen LogP contribution in [0.1, 0.15) is 31.2 Å². The number of non-ortho nitro benzene ring substituents is 1. The summed E-state index contributed by atoms with van der Waals surface area (Å²) in [5.41, 5.74) is 0.457. The van der Waals surface area contributed by atoms with Gasteiger partial charge in [0.15, 0.2) is 0 Å². The Kier molecular flexibility index (Phi) is 3.58. The number of nitro groups is 1. The number of hydrogen-bond acceptors (Lipinski definition) is 4. The van der Waals surface area contributed by atoms with E-state index in [9.17, 15) is 15.2 Å². The fourth-order valence-electron chi connectivity index (χ4n) is 2.10. The van der Waals surface area contributed by atoms with Crippen molar-refractivity contribution in [2.45, 2.75) is 38.4 Å². The number of rotatable bonds is 4. The highest BCUT2D eigenvalue weighted by molar-refractivity contribution is 5.43. The van der Waals surface area contributed by atoms with E-state index >= 15 is 0 Å². The first-order valence-corrected chi connectivity index (χ1v) is 5.75. The standard InChI is InChI=1S/C12H15NO4/c14-8-9-7-10(13(15)16)5-6-12(9)17-11-3-1-2-4-11/h5-7,11,14H,1-4,8H2. The molecule has 17 heavy (non-hydrogen) atoms. The van der Waals surface area contributed by atoms with Crippen molar-refractivity contribution >= 4 is 5.69 Å². The maximum Gasteiger partial charge on any atom is 0.270 e. The first-order valence-electron chi connectivity index (χ1n) is 5.75. The third-order valence-corrected chi connectivity index (χ3v) is 3.02. The summed E-state index contributed by atoms with van der Waals surface area (Å²) in [7, 11) is 0. The summed E-state index contributed by atoms with van der Waals surface area (Å²) < 4.78 is 5.75. The highest BCUT2D eigenvalue weighted by Crippen LogP contribution is 2.29.